The van der Waals surface area contributed by atoms with Crippen molar-refractivity contribution in [3.05, 3.63) is 11.8 Å². The second-order valence-corrected chi connectivity index (χ2v) is 4.01. The van der Waals surface area contributed by atoms with Gasteiger partial charge in [-0.25, -0.2) is 0 Å². The van der Waals surface area contributed by atoms with E-state index in [0.29, 0.717) is 0 Å². The van der Waals surface area contributed by atoms with Crippen molar-refractivity contribution in [2.75, 3.05) is 11.9 Å². The maximum atomic E-state index is 5.94. The Hall–Kier alpha value is -1.03. The molecule has 1 aliphatic carbocycles. The van der Waals surface area contributed by atoms with Gasteiger partial charge in [0.1, 0.15) is 5.82 Å². The summed E-state index contributed by atoms with van der Waals surface area (Å²) in [5.41, 5.74) is 7.15. The summed E-state index contributed by atoms with van der Waals surface area (Å²) < 4.78 is 1.86. The zero-order valence-electron chi connectivity index (χ0n) is 8.17. The molecule has 0 unspecified atom stereocenters. The van der Waals surface area contributed by atoms with Crippen molar-refractivity contribution < 1.29 is 0 Å². The zero-order chi connectivity index (χ0) is 9.47. The van der Waals surface area contributed by atoms with Crippen molar-refractivity contribution in [3.8, 4) is 0 Å². The predicted molar refractivity (Wildman–Crippen MR) is 52.6 cm³/mol. The molecule has 0 radical (unpaired) electrons. The SMILES string of the molecule is Cc1cc(NCC2(N)CC2)nn1C. The molecule has 72 valence electrons. The Morgan fingerprint density at radius 1 is 1.69 bits per heavy atom. The summed E-state index contributed by atoms with van der Waals surface area (Å²) in [6.07, 6.45) is 2.26. The van der Waals surface area contributed by atoms with Crippen molar-refractivity contribution >= 4 is 5.82 Å². The van der Waals surface area contributed by atoms with Crippen molar-refractivity contribution in [2.24, 2.45) is 12.8 Å². The van der Waals surface area contributed by atoms with Gasteiger partial charge < -0.3 is 11.1 Å². The largest absolute Gasteiger partial charge is 0.367 e. The summed E-state index contributed by atoms with van der Waals surface area (Å²) in [6.45, 7) is 2.87. The van der Waals surface area contributed by atoms with Crippen molar-refractivity contribution in [3.63, 3.8) is 0 Å². The van der Waals surface area contributed by atoms with Crippen LogP contribution in [0.25, 0.3) is 0 Å². The molecule has 4 nitrogen and oxygen atoms in total. The molecule has 1 aromatic heterocycles. The number of nitrogens with two attached hydrogens (primary N) is 1. The number of anilines is 1. The fraction of sp³-hybridized carbons (Fsp3) is 0.667. The van der Waals surface area contributed by atoms with Crippen LogP contribution in [-0.2, 0) is 7.05 Å². The third-order valence-corrected chi connectivity index (χ3v) is 2.63. The van der Waals surface area contributed by atoms with Crippen molar-refractivity contribution in [1.29, 1.82) is 0 Å². The normalized spacial score (nSPS) is 18.7. The molecule has 1 fully saturated rings. The number of hydrogen-bond acceptors (Lipinski definition) is 3. The summed E-state index contributed by atoms with van der Waals surface area (Å²) >= 11 is 0. The molecule has 0 atom stereocenters. The third-order valence-electron chi connectivity index (χ3n) is 2.63. The molecule has 0 aromatic carbocycles. The summed E-state index contributed by atoms with van der Waals surface area (Å²) in [5, 5.41) is 7.54. The van der Waals surface area contributed by atoms with Crippen LogP contribution in [0.4, 0.5) is 5.82 Å². The molecule has 1 aliphatic rings. The molecule has 0 bridgehead atoms. The van der Waals surface area contributed by atoms with Crippen molar-refractivity contribution in [1.82, 2.24) is 9.78 Å². The number of nitrogens with zero attached hydrogens (tertiary/aromatic N) is 2. The number of nitrogens with one attached hydrogen (secondary N) is 1. The summed E-state index contributed by atoms with van der Waals surface area (Å²) in [4.78, 5) is 0. The Morgan fingerprint density at radius 3 is 2.85 bits per heavy atom. The monoisotopic (exact) mass is 180 g/mol. The molecule has 1 heterocycles. The van der Waals surface area contributed by atoms with Gasteiger partial charge in [-0.2, -0.15) is 5.10 Å². The molecule has 1 saturated carbocycles. The Balaban J connectivity index is 1.94. The molecule has 0 amide bonds. The minimum atomic E-state index is 0.0470. The first-order chi connectivity index (χ1) is 6.09. The molecular weight excluding hydrogens is 164 g/mol. The molecule has 2 rings (SSSR count). The quantitative estimate of drug-likeness (QED) is 0.717. The van der Waals surface area contributed by atoms with E-state index in [1.54, 1.807) is 0 Å². The highest BCUT2D eigenvalue weighted by Crippen LogP contribution is 2.31. The highest BCUT2D eigenvalue weighted by molar-refractivity contribution is 5.36. The first-order valence-electron chi connectivity index (χ1n) is 4.62. The third kappa shape index (κ3) is 1.83. The van der Waals surface area contributed by atoms with Gasteiger partial charge in [0.25, 0.3) is 0 Å². The molecule has 0 spiro atoms. The molecule has 13 heavy (non-hydrogen) atoms. The highest BCUT2D eigenvalue weighted by atomic mass is 15.3. The molecule has 1 aromatic rings. The first kappa shape index (κ1) is 8.56. The van der Waals surface area contributed by atoms with Crippen LogP contribution < -0.4 is 11.1 Å². The lowest BCUT2D eigenvalue weighted by molar-refractivity contribution is 0.702. The van der Waals surface area contributed by atoms with Gasteiger partial charge in [-0.15, -0.1) is 0 Å². The zero-order valence-corrected chi connectivity index (χ0v) is 8.17. The Morgan fingerprint density at radius 2 is 2.38 bits per heavy atom. The van der Waals surface area contributed by atoms with Gasteiger partial charge >= 0.3 is 0 Å². The average molecular weight is 180 g/mol. The van der Waals surface area contributed by atoms with Gasteiger partial charge in [-0.1, -0.05) is 0 Å². The summed E-state index contributed by atoms with van der Waals surface area (Å²) in [5.74, 6) is 0.928. The Labute approximate surface area is 78.1 Å². The number of rotatable bonds is 3. The second-order valence-electron chi connectivity index (χ2n) is 4.01. The Kier molecular flexibility index (Phi) is 1.80. The van der Waals surface area contributed by atoms with Gasteiger partial charge in [-0.05, 0) is 19.8 Å². The van der Waals surface area contributed by atoms with Crippen LogP contribution in [0.3, 0.4) is 0 Å². The standard InChI is InChI=1S/C9H16N4/c1-7-5-8(12-13(7)2)11-6-9(10)3-4-9/h5H,3-4,6,10H2,1-2H3,(H,11,12). The maximum Gasteiger partial charge on any atom is 0.148 e. The molecular formula is C9H16N4. The summed E-state index contributed by atoms with van der Waals surface area (Å²) in [6, 6.07) is 2.03. The van der Waals surface area contributed by atoms with E-state index in [9.17, 15) is 0 Å². The fourth-order valence-corrected chi connectivity index (χ4v) is 1.25. The number of aryl methyl sites for hydroxylation is 2. The molecule has 0 aliphatic heterocycles. The predicted octanol–water partition coefficient (Wildman–Crippen LogP) is 0.632. The fourth-order valence-electron chi connectivity index (χ4n) is 1.25. The van der Waals surface area contributed by atoms with Gasteiger partial charge in [0.05, 0.1) is 0 Å². The van der Waals surface area contributed by atoms with E-state index in [1.165, 1.54) is 0 Å². The lowest BCUT2D eigenvalue weighted by Gasteiger charge is -2.08. The van der Waals surface area contributed by atoms with E-state index in [4.69, 9.17) is 5.73 Å². The number of hydrogen-bond donors (Lipinski definition) is 2. The highest BCUT2D eigenvalue weighted by Gasteiger charge is 2.37. The topological polar surface area (TPSA) is 55.9 Å². The van der Waals surface area contributed by atoms with E-state index in [1.807, 2.05) is 24.7 Å². The maximum absolute atomic E-state index is 5.94. The minimum Gasteiger partial charge on any atom is -0.367 e. The van der Waals surface area contributed by atoms with E-state index < -0.39 is 0 Å². The van der Waals surface area contributed by atoms with Crippen LogP contribution in [0.1, 0.15) is 18.5 Å². The van der Waals surface area contributed by atoms with Gasteiger partial charge in [0, 0.05) is 30.9 Å². The first-order valence-corrected chi connectivity index (χ1v) is 4.62. The van der Waals surface area contributed by atoms with Gasteiger partial charge in [-0.3, -0.25) is 4.68 Å². The van der Waals surface area contributed by atoms with Crippen LogP contribution >= 0.6 is 0 Å². The molecule has 3 N–H and O–H groups in total. The summed E-state index contributed by atoms with van der Waals surface area (Å²) in [7, 11) is 1.94. The van der Waals surface area contributed by atoms with Gasteiger partial charge in [0.2, 0.25) is 0 Å². The minimum absolute atomic E-state index is 0.0470. The van der Waals surface area contributed by atoms with E-state index in [2.05, 4.69) is 10.4 Å². The molecule has 4 heteroatoms. The Bertz CT molecular complexity index is 292. The van der Waals surface area contributed by atoms with Crippen LogP contribution in [0, 0.1) is 6.92 Å². The number of aromatic nitrogens is 2. The van der Waals surface area contributed by atoms with E-state index >= 15 is 0 Å². The smallest absolute Gasteiger partial charge is 0.148 e. The van der Waals surface area contributed by atoms with Crippen molar-refractivity contribution in [2.45, 2.75) is 25.3 Å². The lowest BCUT2D eigenvalue weighted by atomic mass is 10.3. The molecule has 0 saturated heterocycles. The second kappa shape index (κ2) is 2.73. The van der Waals surface area contributed by atoms with Gasteiger partial charge in [0.15, 0.2) is 0 Å². The van der Waals surface area contributed by atoms with Crippen LogP contribution in [0.15, 0.2) is 6.07 Å². The van der Waals surface area contributed by atoms with E-state index in [-0.39, 0.29) is 5.54 Å². The van der Waals surface area contributed by atoms with Crippen LogP contribution in [0.5, 0.6) is 0 Å². The average Bonchev–Trinajstić information content (AvgIpc) is 2.72. The van der Waals surface area contributed by atoms with Crippen LogP contribution in [-0.4, -0.2) is 21.9 Å². The van der Waals surface area contributed by atoms with Crippen LogP contribution in [0.2, 0.25) is 0 Å². The van der Waals surface area contributed by atoms with E-state index in [0.717, 1.165) is 30.9 Å². The lowest BCUT2D eigenvalue weighted by Crippen LogP contribution is -2.31.